The Balaban J connectivity index is 1.62. The van der Waals surface area contributed by atoms with Crippen LogP contribution in [0.15, 0.2) is 54.9 Å². The number of anilines is 1. The Bertz CT molecular complexity index is 1130. The largest absolute Gasteiger partial charge is 0.487 e. The maximum atomic E-state index is 13.0. The highest BCUT2D eigenvalue weighted by atomic mass is 19.1. The molecule has 2 amide bonds. The Labute approximate surface area is 192 Å². The van der Waals surface area contributed by atoms with Gasteiger partial charge < -0.3 is 15.4 Å². The van der Waals surface area contributed by atoms with E-state index in [1.54, 1.807) is 50.4 Å². The van der Waals surface area contributed by atoms with Crippen molar-refractivity contribution >= 4 is 17.6 Å². The Kier molecular flexibility index (Phi) is 7.71. The van der Waals surface area contributed by atoms with Crippen molar-refractivity contribution < 1.29 is 18.7 Å². The number of hydrogen-bond donors (Lipinski definition) is 2. The van der Waals surface area contributed by atoms with Crippen LogP contribution in [0.5, 0.6) is 5.75 Å². The lowest BCUT2D eigenvalue weighted by Gasteiger charge is -2.16. The van der Waals surface area contributed by atoms with Gasteiger partial charge in [0.05, 0.1) is 12.2 Å². The average Bonchev–Trinajstić information content (AvgIpc) is 2.79. The molecule has 7 nitrogen and oxygen atoms in total. The second-order valence-corrected chi connectivity index (χ2v) is 8.06. The van der Waals surface area contributed by atoms with Crippen LogP contribution in [-0.2, 0) is 11.4 Å². The summed E-state index contributed by atoms with van der Waals surface area (Å²) in [6.45, 7) is 7.54. The first-order valence-electron chi connectivity index (χ1n) is 10.6. The van der Waals surface area contributed by atoms with Crippen LogP contribution in [0.1, 0.15) is 54.0 Å². The molecule has 33 heavy (non-hydrogen) atoms. The predicted octanol–water partition coefficient (Wildman–Crippen LogP) is 4.59. The highest BCUT2D eigenvalue weighted by Crippen LogP contribution is 2.20. The zero-order valence-electron chi connectivity index (χ0n) is 19.1. The molecule has 172 valence electrons. The lowest BCUT2D eigenvalue weighted by atomic mass is 10.1. The van der Waals surface area contributed by atoms with Gasteiger partial charge in [0.2, 0.25) is 5.91 Å². The molecule has 0 spiro atoms. The number of nitrogens with zero attached hydrogens (tertiary/aromatic N) is 2. The minimum Gasteiger partial charge on any atom is -0.487 e. The number of rotatable bonds is 8. The van der Waals surface area contributed by atoms with E-state index in [4.69, 9.17) is 4.74 Å². The highest BCUT2D eigenvalue weighted by Gasteiger charge is 2.16. The van der Waals surface area contributed by atoms with Gasteiger partial charge in [0.1, 0.15) is 29.7 Å². The van der Waals surface area contributed by atoms with Gasteiger partial charge in [-0.15, -0.1) is 0 Å². The number of aromatic nitrogens is 2. The molecule has 1 aromatic carbocycles. The third-order valence-electron chi connectivity index (χ3n) is 5.01. The molecule has 2 aromatic heterocycles. The Hall–Kier alpha value is -3.81. The summed E-state index contributed by atoms with van der Waals surface area (Å²) in [7, 11) is 0. The van der Waals surface area contributed by atoms with Gasteiger partial charge in [-0.05, 0) is 60.9 Å². The normalized spacial score (nSPS) is 11.7. The number of benzene rings is 1. The molecule has 3 rings (SSSR count). The molecule has 0 saturated heterocycles. The zero-order chi connectivity index (χ0) is 24.0. The molecule has 0 saturated carbocycles. The zero-order valence-corrected chi connectivity index (χ0v) is 19.1. The molecule has 0 aliphatic rings. The average molecular weight is 451 g/mol. The Morgan fingerprint density at radius 2 is 1.79 bits per heavy atom. The molecular formula is C25H27FN4O3. The van der Waals surface area contributed by atoms with E-state index < -0.39 is 0 Å². The van der Waals surface area contributed by atoms with Crippen LogP contribution in [0.3, 0.4) is 0 Å². The summed E-state index contributed by atoms with van der Waals surface area (Å²) in [6, 6.07) is 10.9. The first-order valence-corrected chi connectivity index (χ1v) is 10.6. The van der Waals surface area contributed by atoms with Gasteiger partial charge in [0, 0.05) is 12.1 Å². The summed E-state index contributed by atoms with van der Waals surface area (Å²) in [5.74, 6) is 0.0551. The fraction of sp³-hybridized carbons (Fsp3) is 0.280. The van der Waals surface area contributed by atoms with E-state index in [2.05, 4.69) is 20.6 Å². The lowest BCUT2D eigenvalue weighted by molar-refractivity contribution is -0.118. The van der Waals surface area contributed by atoms with Crippen molar-refractivity contribution in [3.05, 3.63) is 83.1 Å². The SMILES string of the molecule is Cc1cc(C(=O)NC(C)c2ccnc(NC(=O)C(C)C)c2)ncc1OCc1ccc(F)cc1. The number of pyridine rings is 2. The second-order valence-electron chi connectivity index (χ2n) is 8.06. The van der Waals surface area contributed by atoms with E-state index in [0.717, 1.165) is 16.7 Å². The van der Waals surface area contributed by atoms with Crippen LogP contribution in [-0.4, -0.2) is 21.8 Å². The predicted molar refractivity (Wildman–Crippen MR) is 123 cm³/mol. The van der Waals surface area contributed by atoms with Crippen LogP contribution in [0.2, 0.25) is 0 Å². The number of halogens is 1. The van der Waals surface area contributed by atoms with Gasteiger partial charge in [-0.3, -0.25) is 9.59 Å². The van der Waals surface area contributed by atoms with Gasteiger partial charge in [-0.1, -0.05) is 26.0 Å². The topological polar surface area (TPSA) is 93.2 Å². The van der Waals surface area contributed by atoms with Gasteiger partial charge in [-0.25, -0.2) is 14.4 Å². The lowest BCUT2D eigenvalue weighted by Crippen LogP contribution is -2.27. The Morgan fingerprint density at radius 3 is 2.45 bits per heavy atom. The molecule has 1 unspecified atom stereocenters. The fourth-order valence-corrected chi connectivity index (χ4v) is 2.97. The molecule has 0 radical (unpaired) electrons. The minimum atomic E-state index is -0.333. The maximum absolute atomic E-state index is 13.0. The van der Waals surface area contributed by atoms with Gasteiger partial charge >= 0.3 is 0 Å². The second kappa shape index (κ2) is 10.7. The van der Waals surface area contributed by atoms with Gasteiger partial charge in [-0.2, -0.15) is 0 Å². The van der Waals surface area contributed by atoms with Crippen LogP contribution < -0.4 is 15.4 Å². The molecule has 1 atom stereocenters. The van der Waals surface area contributed by atoms with E-state index in [1.165, 1.54) is 18.3 Å². The quantitative estimate of drug-likeness (QED) is 0.524. The summed E-state index contributed by atoms with van der Waals surface area (Å²) >= 11 is 0. The minimum absolute atomic E-state index is 0.127. The number of aryl methyl sites for hydroxylation is 1. The van der Waals surface area contributed by atoms with E-state index >= 15 is 0 Å². The van der Waals surface area contributed by atoms with Crippen molar-refractivity contribution in [1.82, 2.24) is 15.3 Å². The highest BCUT2D eigenvalue weighted by molar-refractivity contribution is 5.93. The number of carbonyl (C=O) groups is 2. The van der Waals surface area contributed by atoms with E-state index in [-0.39, 0.29) is 41.9 Å². The number of carbonyl (C=O) groups excluding carboxylic acids is 2. The van der Waals surface area contributed by atoms with E-state index in [9.17, 15) is 14.0 Å². The molecule has 0 bridgehead atoms. The van der Waals surface area contributed by atoms with Gasteiger partial charge in [0.15, 0.2) is 0 Å². The molecular weight excluding hydrogens is 423 g/mol. The molecule has 0 aliphatic carbocycles. The summed E-state index contributed by atoms with van der Waals surface area (Å²) in [5, 5.41) is 5.66. The molecule has 2 heterocycles. The first-order chi connectivity index (χ1) is 15.7. The van der Waals surface area contributed by atoms with Gasteiger partial charge in [0.25, 0.3) is 5.91 Å². The molecule has 0 fully saturated rings. The summed E-state index contributed by atoms with van der Waals surface area (Å²) < 4.78 is 18.8. The Morgan fingerprint density at radius 1 is 1.06 bits per heavy atom. The van der Waals surface area contributed by atoms with Crippen molar-refractivity contribution in [2.45, 2.75) is 40.3 Å². The molecule has 0 aliphatic heterocycles. The summed E-state index contributed by atoms with van der Waals surface area (Å²) in [5.41, 5.74) is 2.64. The number of nitrogens with one attached hydrogen (secondary N) is 2. The van der Waals surface area contributed by atoms with Crippen molar-refractivity contribution in [2.75, 3.05) is 5.32 Å². The van der Waals surface area contributed by atoms with Crippen molar-refractivity contribution in [1.29, 1.82) is 0 Å². The smallest absolute Gasteiger partial charge is 0.270 e. The van der Waals surface area contributed by atoms with Crippen LogP contribution in [0, 0.1) is 18.7 Å². The van der Waals surface area contributed by atoms with Crippen molar-refractivity contribution in [3.8, 4) is 5.75 Å². The van der Waals surface area contributed by atoms with Crippen LogP contribution in [0.25, 0.3) is 0 Å². The van der Waals surface area contributed by atoms with Crippen LogP contribution >= 0.6 is 0 Å². The number of ether oxygens (including phenoxy) is 1. The standard InChI is InChI=1S/C25H27FN4O3/c1-15(2)24(31)30-23-12-19(9-10-27-23)17(4)29-25(32)21-11-16(3)22(13-28-21)33-14-18-5-7-20(26)8-6-18/h5-13,15,17H,14H2,1-4H3,(H,29,32)(H,27,30,31). The third-order valence-corrected chi connectivity index (χ3v) is 5.01. The third kappa shape index (κ3) is 6.58. The first kappa shape index (κ1) is 23.8. The maximum Gasteiger partial charge on any atom is 0.270 e. The molecule has 2 N–H and O–H groups in total. The van der Waals surface area contributed by atoms with E-state index in [0.29, 0.717) is 11.6 Å². The molecule has 8 heteroatoms. The fourth-order valence-electron chi connectivity index (χ4n) is 2.97. The van der Waals surface area contributed by atoms with Crippen LogP contribution in [0.4, 0.5) is 10.2 Å². The summed E-state index contributed by atoms with van der Waals surface area (Å²) in [6.07, 6.45) is 3.09. The van der Waals surface area contributed by atoms with Crippen molar-refractivity contribution in [2.24, 2.45) is 5.92 Å². The molecule has 3 aromatic rings. The van der Waals surface area contributed by atoms with E-state index in [1.807, 2.05) is 13.8 Å². The summed E-state index contributed by atoms with van der Waals surface area (Å²) in [4.78, 5) is 33.0. The van der Waals surface area contributed by atoms with Crippen molar-refractivity contribution in [3.63, 3.8) is 0 Å². The number of hydrogen-bond acceptors (Lipinski definition) is 5. The monoisotopic (exact) mass is 450 g/mol. The number of amides is 2.